The Morgan fingerprint density at radius 3 is 2.47 bits per heavy atom. The molecule has 0 aliphatic carbocycles. The molecule has 0 radical (unpaired) electrons. The summed E-state index contributed by atoms with van der Waals surface area (Å²) in [5.74, 6) is 0.849. The Hall–Kier alpha value is -2.58. The summed E-state index contributed by atoms with van der Waals surface area (Å²) < 4.78 is 35.1. The van der Waals surface area contributed by atoms with E-state index in [-0.39, 0.29) is 23.7 Å². The molecule has 0 aliphatic heterocycles. The van der Waals surface area contributed by atoms with Gasteiger partial charge in [0.05, 0.1) is 28.5 Å². The van der Waals surface area contributed by atoms with E-state index in [1.54, 1.807) is 42.5 Å². The molecule has 0 spiro atoms. The number of esters is 1. The fourth-order valence-electron chi connectivity index (χ4n) is 2.86. The van der Waals surface area contributed by atoms with Crippen LogP contribution in [0.25, 0.3) is 0 Å². The summed E-state index contributed by atoms with van der Waals surface area (Å²) in [5.41, 5.74) is 2.30. The third-order valence-corrected chi connectivity index (χ3v) is 7.47. The lowest BCUT2D eigenvalue weighted by molar-refractivity contribution is 0.0501. The molecular weight excluding hydrogens is 422 g/mol. The number of ether oxygens (including phenoxy) is 1. The maximum atomic E-state index is 12.5. The number of thioether (sulfide) groups is 1. The van der Waals surface area contributed by atoms with Crippen molar-refractivity contribution in [1.82, 2.24) is 5.16 Å². The van der Waals surface area contributed by atoms with Crippen LogP contribution in [0.15, 0.2) is 68.9 Å². The van der Waals surface area contributed by atoms with Crippen LogP contribution >= 0.6 is 11.8 Å². The molecule has 8 heteroatoms. The van der Waals surface area contributed by atoms with E-state index in [4.69, 9.17) is 9.26 Å². The van der Waals surface area contributed by atoms with Crippen molar-refractivity contribution in [3.63, 3.8) is 0 Å². The molecule has 0 saturated carbocycles. The van der Waals surface area contributed by atoms with E-state index in [1.807, 2.05) is 26.0 Å². The highest BCUT2D eigenvalue weighted by atomic mass is 32.2. The molecule has 0 bridgehead atoms. The van der Waals surface area contributed by atoms with E-state index in [9.17, 15) is 13.2 Å². The number of hydrogen-bond donors (Lipinski definition) is 0. The van der Waals surface area contributed by atoms with Crippen molar-refractivity contribution < 1.29 is 22.5 Å². The van der Waals surface area contributed by atoms with Gasteiger partial charge in [-0.05, 0) is 44.5 Å². The molecule has 1 heterocycles. The quantitative estimate of drug-likeness (QED) is 0.270. The molecule has 0 aliphatic rings. The average Bonchev–Trinajstić information content (AvgIpc) is 3.07. The molecule has 0 amide bonds. The highest BCUT2D eigenvalue weighted by Gasteiger charge is 2.17. The van der Waals surface area contributed by atoms with E-state index in [0.717, 1.165) is 21.9 Å². The second-order valence-electron chi connectivity index (χ2n) is 6.71. The Balaban J connectivity index is 1.56. The first kappa shape index (κ1) is 22.1. The lowest BCUT2D eigenvalue weighted by atomic mass is 10.2. The molecule has 158 valence electrons. The SMILES string of the molecule is Cc1noc(C)c1CSc1ccccc1C(=O)OCCCS(=O)(=O)c1ccccc1. The summed E-state index contributed by atoms with van der Waals surface area (Å²) in [4.78, 5) is 13.6. The lowest BCUT2D eigenvalue weighted by Gasteiger charge is -2.10. The summed E-state index contributed by atoms with van der Waals surface area (Å²) >= 11 is 1.51. The molecule has 0 unspecified atom stereocenters. The highest BCUT2D eigenvalue weighted by molar-refractivity contribution is 7.98. The normalized spacial score (nSPS) is 11.4. The minimum absolute atomic E-state index is 0.0355. The van der Waals surface area contributed by atoms with Crippen LogP contribution in [-0.4, -0.2) is 31.9 Å². The number of hydrogen-bond acceptors (Lipinski definition) is 7. The standard InChI is InChI=1S/C22H23NO5S2/c1-16-20(17(2)28-23-16)15-29-21-12-7-6-11-19(21)22(24)27-13-8-14-30(25,26)18-9-4-3-5-10-18/h3-7,9-12H,8,13-15H2,1-2H3. The Morgan fingerprint density at radius 2 is 1.77 bits per heavy atom. The minimum atomic E-state index is -3.38. The van der Waals surface area contributed by atoms with Crippen LogP contribution in [0.2, 0.25) is 0 Å². The van der Waals surface area contributed by atoms with Gasteiger partial charge in [-0.25, -0.2) is 13.2 Å². The zero-order chi connectivity index (χ0) is 21.6. The number of nitrogens with zero attached hydrogens (tertiary/aromatic N) is 1. The van der Waals surface area contributed by atoms with E-state index >= 15 is 0 Å². The number of benzene rings is 2. The van der Waals surface area contributed by atoms with Crippen LogP contribution in [0.1, 0.15) is 33.8 Å². The van der Waals surface area contributed by atoms with Crippen molar-refractivity contribution in [2.75, 3.05) is 12.4 Å². The molecule has 3 aromatic rings. The molecule has 0 N–H and O–H groups in total. The minimum Gasteiger partial charge on any atom is -0.462 e. The highest BCUT2D eigenvalue weighted by Crippen LogP contribution is 2.29. The number of sulfone groups is 1. The van der Waals surface area contributed by atoms with Crippen molar-refractivity contribution >= 4 is 27.6 Å². The molecule has 30 heavy (non-hydrogen) atoms. The van der Waals surface area contributed by atoms with Gasteiger partial charge in [0.25, 0.3) is 0 Å². The molecule has 2 aromatic carbocycles. The zero-order valence-corrected chi connectivity index (χ0v) is 18.5. The maximum Gasteiger partial charge on any atom is 0.339 e. The topological polar surface area (TPSA) is 86.5 Å². The third-order valence-electron chi connectivity index (χ3n) is 4.55. The molecule has 6 nitrogen and oxygen atoms in total. The van der Waals surface area contributed by atoms with Gasteiger partial charge in [-0.3, -0.25) is 0 Å². The molecule has 1 aromatic heterocycles. The average molecular weight is 446 g/mol. The maximum absolute atomic E-state index is 12.5. The van der Waals surface area contributed by atoms with Gasteiger partial charge in [0.1, 0.15) is 5.76 Å². The Kier molecular flexibility index (Phi) is 7.33. The van der Waals surface area contributed by atoms with Crippen LogP contribution in [0.5, 0.6) is 0 Å². The summed E-state index contributed by atoms with van der Waals surface area (Å²) in [6.07, 6.45) is 0.233. The van der Waals surface area contributed by atoms with Crippen LogP contribution in [0.4, 0.5) is 0 Å². The van der Waals surface area contributed by atoms with Crippen molar-refractivity contribution in [3.05, 3.63) is 77.2 Å². The Bertz CT molecular complexity index is 1090. The van der Waals surface area contributed by atoms with Crippen LogP contribution in [0, 0.1) is 13.8 Å². The van der Waals surface area contributed by atoms with Gasteiger partial charge in [-0.1, -0.05) is 35.5 Å². The van der Waals surface area contributed by atoms with E-state index in [0.29, 0.717) is 11.3 Å². The van der Waals surface area contributed by atoms with Gasteiger partial charge in [-0.15, -0.1) is 11.8 Å². The first-order valence-corrected chi connectivity index (χ1v) is 12.1. The van der Waals surface area contributed by atoms with Gasteiger partial charge >= 0.3 is 5.97 Å². The number of carbonyl (C=O) groups is 1. The smallest absolute Gasteiger partial charge is 0.339 e. The predicted molar refractivity (Wildman–Crippen MR) is 115 cm³/mol. The molecular formula is C22H23NO5S2. The predicted octanol–water partition coefficient (Wildman–Crippen LogP) is 4.60. The number of aryl methyl sites for hydroxylation is 2. The van der Waals surface area contributed by atoms with E-state index in [1.165, 1.54) is 11.8 Å². The summed E-state index contributed by atoms with van der Waals surface area (Å²) in [6, 6.07) is 15.5. The Morgan fingerprint density at radius 1 is 1.07 bits per heavy atom. The summed E-state index contributed by atoms with van der Waals surface area (Å²) in [6.45, 7) is 3.78. The monoisotopic (exact) mass is 445 g/mol. The number of aromatic nitrogens is 1. The van der Waals surface area contributed by atoms with Gasteiger partial charge in [-0.2, -0.15) is 0 Å². The molecule has 0 fully saturated rings. The van der Waals surface area contributed by atoms with Crippen LogP contribution in [-0.2, 0) is 20.3 Å². The van der Waals surface area contributed by atoms with Crippen molar-refractivity contribution in [2.45, 2.75) is 35.8 Å². The van der Waals surface area contributed by atoms with Crippen LogP contribution in [0.3, 0.4) is 0 Å². The fraction of sp³-hybridized carbons (Fsp3) is 0.273. The fourth-order valence-corrected chi connectivity index (χ4v) is 5.36. The Labute approximate surface area is 180 Å². The first-order valence-electron chi connectivity index (χ1n) is 9.47. The van der Waals surface area contributed by atoms with Crippen molar-refractivity contribution in [3.8, 4) is 0 Å². The van der Waals surface area contributed by atoms with E-state index < -0.39 is 15.8 Å². The van der Waals surface area contributed by atoms with E-state index in [2.05, 4.69) is 5.16 Å². The second-order valence-corrected chi connectivity index (χ2v) is 9.84. The van der Waals surface area contributed by atoms with Crippen molar-refractivity contribution in [2.24, 2.45) is 0 Å². The summed E-state index contributed by atoms with van der Waals surface area (Å²) in [7, 11) is -3.38. The van der Waals surface area contributed by atoms with Crippen molar-refractivity contribution in [1.29, 1.82) is 0 Å². The molecule has 0 atom stereocenters. The first-order chi connectivity index (χ1) is 14.4. The third kappa shape index (κ3) is 5.52. The summed E-state index contributed by atoms with van der Waals surface area (Å²) in [5, 5.41) is 3.95. The zero-order valence-electron chi connectivity index (χ0n) is 16.8. The molecule has 0 saturated heterocycles. The number of rotatable bonds is 9. The van der Waals surface area contributed by atoms with Gasteiger partial charge < -0.3 is 9.26 Å². The lowest BCUT2D eigenvalue weighted by Crippen LogP contribution is -2.12. The largest absolute Gasteiger partial charge is 0.462 e. The van der Waals surface area contributed by atoms with Gasteiger partial charge in [0.15, 0.2) is 9.84 Å². The number of carbonyl (C=O) groups excluding carboxylic acids is 1. The van der Waals surface area contributed by atoms with Crippen LogP contribution < -0.4 is 0 Å². The van der Waals surface area contributed by atoms with Gasteiger partial charge in [0.2, 0.25) is 0 Å². The molecule has 3 rings (SSSR count). The van der Waals surface area contributed by atoms with Gasteiger partial charge in [0, 0.05) is 16.2 Å². The second kappa shape index (κ2) is 9.95.